The monoisotopic (exact) mass is 256 g/mol. The quantitative estimate of drug-likeness (QED) is 0.608. The summed E-state index contributed by atoms with van der Waals surface area (Å²) >= 11 is 0. The molecule has 3 nitrogen and oxygen atoms in total. The van der Waals surface area contributed by atoms with Crippen LogP contribution in [-0.4, -0.2) is 50.8 Å². The lowest BCUT2D eigenvalue weighted by Crippen LogP contribution is -2.40. The molecule has 1 saturated heterocycles. The van der Waals surface area contributed by atoms with Crippen molar-refractivity contribution in [3.8, 4) is 0 Å². The van der Waals surface area contributed by atoms with E-state index in [1.165, 1.54) is 58.0 Å². The van der Waals surface area contributed by atoms with E-state index in [1.807, 2.05) is 0 Å². The van der Waals surface area contributed by atoms with Gasteiger partial charge >= 0.3 is 0 Å². The standard InChI is InChI=1S/C15H32N2O/c1-3-8-15-9-4-6-12-17(15)13-7-5-10-16-11-14-18-2/h15-16H,3-14H2,1-2H3. The fraction of sp³-hybridized carbons (Fsp3) is 1.00. The van der Waals surface area contributed by atoms with Crippen LogP contribution in [0.4, 0.5) is 0 Å². The number of nitrogens with one attached hydrogen (secondary N) is 1. The number of hydrogen-bond acceptors (Lipinski definition) is 3. The van der Waals surface area contributed by atoms with Gasteiger partial charge in [-0.2, -0.15) is 0 Å². The Hall–Kier alpha value is -0.120. The van der Waals surface area contributed by atoms with Crippen LogP contribution >= 0.6 is 0 Å². The van der Waals surface area contributed by atoms with Crippen LogP contribution in [0.15, 0.2) is 0 Å². The van der Waals surface area contributed by atoms with Crippen molar-refractivity contribution in [1.29, 1.82) is 0 Å². The summed E-state index contributed by atoms with van der Waals surface area (Å²) < 4.78 is 5.01. The first kappa shape index (κ1) is 15.9. The van der Waals surface area contributed by atoms with Crippen molar-refractivity contribution >= 4 is 0 Å². The molecule has 108 valence electrons. The molecule has 1 unspecified atom stereocenters. The number of rotatable bonds is 10. The predicted molar refractivity (Wildman–Crippen MR) is 78.1 cm³/mol. The Morgan fingerprint density at radius 3 is 2.89 bits per heavy atom. The van der Waals surface area contributed by atoms with Gasteiger partial charge in [-0.05, 0) is 51.7 Å². The molecule has 0 spiro atoms. The van der Waals surface area contributed by atoms with E-state index >= 15 is 0 Å². The molecule has 1 fully saturated rings. The van der Waals surface area contributed by atoms with Gasteiger partial charge in [0, 0.05) is 19.7 Å². The van der Waals surface area contributed by atoms with E-state index in [0.29, 0.717) is 0 Å². The Morgan fingerprint density at radius 1 is 1.22 bits per heavy atom. The third-order valence-electron chi connectivity index (χ3n) is 3.90. The molecule has 0 aromatic heterocycles. The first-order valence-electron chi connectivity index (χ1n) is 7.82. The second-order valence-electron chi connectivity index (χ2n) is 5.42. The average Bonchev–Trinajstić information content (AvgIpc) is 2.40. The van der Waals surface area contributed by atoms with Crippen LogP contribution in [0.1, 0.15) is 51.9 Å². The molecule has 0 aromatic rings. The van der Waals surface area contributed by atoms with Crippen LogP contribution in [0.2, 0.25) is 0 Å². The lowest BCUT2D eigenvalue weighted by molar-refractivity contribution is 0.137. The Morgan fingerprint density at radius 2 is 2.11 bits per heavy atom. The zero-order valence-electron chi connectivity index (χ0n) is 12.4. The Bertz CT molecular complexity index is 185. The Balaban J connectivity index is 2.02. The molecule has 0 bridgehead atoms. The summed E-state index contributed by atoms with van der Waals surface area (Å²) in [5.41, 5.74) is 0. The molecule has 0 saturated carbocycles. The van der Waals surface area contributed by atoms with Gasteiger partial charge < -0.3 is 15.0 Å². The van der Waals surface area contributed by atoms with Crippen molar-refractivity contribution in [1.82, 2.24) is 10.2 Å². The molecule has 0 aliphatic carbocycles. The number of unbranched alkanes of at least 4 members (excludes halogenated alkanes) is 1. The molecule has 1 heterocycles. The summed E-state index contributed by atoms with van der Waals surface area (Å²) in [6, 6.07) is 0.880. The maximum Gasteiger partial charge on any atom is 0.0587 e. The summed E-state index contributed by atoms with van der Waals surface area (Å²) in [6.45, 7) is 7.89. The number of piperidine rings is 1. The SMILES string of the molecule is CCCC1CCCCN1CCCCNCCOC. The maximum atomic E-state index is 5.01. The second-order valence-corrected chi connectivity index (χ2v) is 5.42. The maximum absolute atomic E-state index is 5.01. The Labute approximate surface area is 113 Å². The Kier molecular flexibility index (Phi) is 9.54. The second kappa shape index (κ2) is 10.8. The summed E-state index contributed by atoms with van der Waals surface area (Å²) in [7, 11) is 1.76. The molecule has 1 rings (SSSR count). The molecule has 3 heteroatoms. The van der Waals surface area contributed by atoms with Crippen molar-refractivity contribution in [3.05, 3.63) is 0 Å². The summed E-state index contributed by atoms with van der Waals surface area (Å²) in [5, 5.41) is 3.42. The third kappa shape index (κ3) is 6.72. The van der Waals surface area contributed by atoms with Gasteiger partial charge in [0.25, 0.3) is 0 Å². The van der Waals surface area contributed by atoms with Crippen molar-refractivity contribution in [3.63, 3.8) is 0 Å². The lowest BCUT2D eigenvalue weighted by atomic mass is 9.98. The van der Waals surface area contributed by atoms with Crippen LogP contribution in [0.3, 0.4) is 0 Å². The highest BCUT2D eigenvalue weighted by atomic mass is 16.5. The highest BCUT2D eigenvalue weighted by molar-refractivity contribution is 4.76. The largest absolute Gasteiger partial charge is 0.383 e. The van der Waals surface area contributed by atoms with Crippen molar-refractivity contribution in [2.24, 2.45) is 0 Å². The zero-order chi connectivity index (χ0) is 13.1. The van der Waals surface area contributed by atoms with Gasteiger partial charge in [-0.15, -0.1) is 0 Å². The van der Waals surface area contributed by atoms with E-state index in [9.17, 15) is 0 Å². The predicted octanol–water partition coefficient (Wildman–Crippen LogP) is 2.66. The molecule has 1 aliphatic rings. The highest BCUT2D eigenvalue weighted by Crippen LogP contribution is 2.20. The van der Waals surface area contributed by atoms with Crippen LogP contribution in [0.5, 0.6) is 0 Å². The molecule has 0 aromatic carbocycles. The van der Waals surface area contributed by atoms with E-state index in [2.05, 4.69) is 17.1 Å². The van der Waals surface area contributed by atoms with Gasteiger partial charge in [-0.3, -0.25) is 0 Å². The number of hydrogen-bond donors (Lipinski definition) is 1. The molecule has 18 heavy (non-hydrogen) atoms. The molecule has 1 aliphatic heterocycles. The van der Waals surface area contributed by atoms with Crippen molar-refractivity contribution in [2.75, 3.05) is 39.9 Å². The van der Waals surface area contributed by atoms with Gasteiger partial charge in [0.15, 0.2) is 0 Å². The van der Waals surface area contributed by atoms with E-state index in [1.54, 1.807) is 7.11 Å². The first-order chi connectivity index (χ1) is 8.88. The summed E-state index contributed by atoms with van der Waals surface area (Å²) in [4.78, 5) is 2.74. The molecule has 1 N–H and O–H groups in total. The smallest absolute Gasteiger partial charge is 0.0587 e. The fourth-order valence-corrected chi connectivity index (χ4v) is 2.88. The van der Waals surface area contributed by atoms with Crippen molar-refractivity contribution < 1.29 is 4.74 Å². The fourth-order valence-electron chi connectivity index (χ4n) is 2.88. The summed E-state index contributed by atoms with van der Waals surface area (Å²) in [6.07, 6.45) is 9.64. The van der Waals surface area contributed by atoms with E-state index < -0.39 is 0 Å². The average molecular weight is 256 g/mol. The minimum absolute atomic E-state index is 0.824. The normalized spacial score (nSPS) is 21.3. The third-order valence-corrected chi connectivity index (χ3v) is 3.90. The molecule has 1 atom stereocenters. The molecule has 0 radical (unpaired) electrons. The number of ether oxygens (including phenoxy) is 1. The van der Waals surface area contributed by atoms with Gasteiger partial charge in [-0.25, -0.2) is 0 Å². The minimum Gasteiger partial charge on any atom is -0.383 e. The van der Waals surface area contributed by atoms with E-state index in [4.69, 9.17) is 4.74 Å². The number of nitrogens with zero attached hydrogens (tertiary/aromatic N) is 1. The van der Waals surface area contributed by atoms with Gasteiger partial charge in [0.2, 0.25) is 0 Å². The molecular weight excluding hydrogens is 224 g/mol. The topological polar surface area (TPSA) is 24.5 Å². The van der Waals surface area contributed by atoms with Gasteiger partial charge in [0.05, 0.1) is 6.61 Å². The van der Waals surface area contributed by atoms with E-state index in [0.717, 1.165) is 25.7 Å². The van der Waals surface area contributed by atoms with Crippen LogP contribution in [0, 0.1) is 0 Å². The number of methoxy groups -OCH3 is 1. The van der Waals surface area contributed by atoms with Crippen molar-refractivity contribution in [2.45, 2.75) is 57.9 Å². The van der Waals surface area contributed by atoms with Crippen LogP contribution in [-0.2, 0) is 4.74 Å². The minimum atomic E-state index is 0.824. The van der Waals surface area contributed by atoms with Gasteiger partial charge in [-0.1, -0.05) is 19.8 Å². The van der Waals surface area contributed by atoms with Crippen LogP contribution < -0.4 is 5.32 Å². The summed E-state index contributed by atoms with van der Waals surface area (Å²) in [5.74, 6) is 0. The van der Waals surface area contributed by atoms with E-state index in [-0.39, 0.29) is 0 Å². The molecule has 0 amide bonds. The zero-order valence-corrected chi connectivity index (χ0v) is 12.4. The molecular formula is C15H32N2O. The highest BCUT2D eigenvalue weighted by Gasteiger charge is 2.20. The lowest BCUT2D eigenvalue weighted by Gasteiger charge is -2.35. The van der Waals surface area contributed by atoms with Crippen LogP contribution in [0.25, 0.3) is 0 Å². The van der Waals surface area contributed by atoms with Gasteiger partial charge in [0.1, 0.15) is 0 Å². The first-order valence-corrected chi connectivity index (χ1v) is 7.82. The number of likely N-dealkylation sites (tertiary alicyclic amines) is 1.